The number of hydrogen-bond acceptors (Lipinski definition) is 5. The summed E-state index contributed by atoms with van der Waals surface area (Å²) in [6.07, 6.45) is 5.87. The predicted molar refractivity (Wildman–Crippen MR) is 89.5 cm³/mol. The van der Waals surface area contributed by atoms with Gasteiger partial charge in [0.05, 0.1) is 36.1 Å². The topological polar surface area (TPSA) is 92.6 Å². The molecule has 25 heavy (non-hydrogen) atoms. The molecule has 2 amide bonds. The maximum atomic E-state index is 12.9. The quantitative estimate of drug-likeness (QED) is 0.715. The number of piperazine rings is 1. The fourth-order valence-electron chi connectivity index (χ4n) is 4.08. The van der Waals surface area contributed by atoms with Gasteiger partial charge in [-0.3, -0.25) is 9.59 Å². The van der Waals surface area contributed by atoms with Crippen LogP contribution in [0.4, 0.5) is 0 Å². The van der Waals surface area contributed by atoms with E-state index in [1.807, 2.05) is 0 Å². The minimum Gasteiger partial charge on any atom is -0.335 e. The van der Waals surface area contributed by atoms with Crippen molar-refractivity contribution in [3.05, 3.63) is 18.2 Å². The molecule has 0 radical (unpaired) electrons. The van der Waals surface area contributed by atoms with Crippen molar-refractivity contribution in [2.24, 2.45) is 13.0 Å². The number of aromatic nitrogens is 2. The van der Waals surface area contributed by atoms with E-state index in [1.165, 1.54) is 6.20 Å². The molecule has 8 nitrogen and oxygen atoms in total. The summed E-state index contributed by atoms with van der Waals surface area (Å²) in [6.45, 7) is 0.759. The first kappa shape index (κ1) is 16.6. The fourth-order valence-corrected chi connectivity index (χ4v) is 6.06. The second-order valence-corrected chi connectivity index (χ2v) is 9.41. The van der Waals surface area contributed by atoms with Gasteiger partial charge in [0.1, 0.15) is 5.69 Å². The van der Waals surface area contributed by atoms with Crippen LogP contribution in [0.1, 0.15) is 29.8 Å². The zero-order valence-electron chi connectivity index (χ0n) is 14.2. The van der Waals surface area contributed by atoms with E-state index >= 15 is 0 Å². The van der Waals surface area contributed by atoms with Crippen LogP contribution in [0.3, 0.4) is 0 Å². The second kappa shape index (κ2) is 5.82. The first-order valence-electron chi connectivity index (χ1n) is 8.65. The van der Waals surface area contributed by atoms with Crippen LogP contribution in [-0.2, 0) is 21.7 Å². The number of hydrogen-bond donors (Lipinski definition) is 0. The lowest BCUT2D eigenvalue weighted by Crippen LogP contribution is -2.63. The normalized spacial score (nSPS) is 28.5. The third-order valence-electron chi connectivity index (χ3n) is 5.71. The zero-order valence-corrected chi connectivity index (χ0v) is 15.0. The number of sulfone groups is 1. The molecular formula is C16H22N4O4S. The molecule has 0 spiro atoms. The summed E-state index contributed by atoms with van der Waals surface area (Å²) in [7, 11) is -1.53. The average Bonchev–Trinajstić information content (AvgIpc) is 3.05. The number of rotatable bonds is 2. The van der Waals surface area contributed by atoms with Crippen LogP contribution in [-0.4, -0.2) is 76.3 Å². The summed E-state index contributed by atoms with van der Waals surface area (Å²) >= 11 is 0. The van der Waals surface area contributed by atoms with Gasteiger partial charge in [-0.15, -0.1) is 0 Å². The number of aryl methyl sites for hydroxylation is 1. The van der Waals surface area contributed by atoms with E-state index in [0.717, 1.165) is 19.3 Å². The Bertz CT molecular complexity index is 814. The molecule has 1 saturated carbocycles. The van der Waals surface area contributed by atoms with Crippen molar-refractivity contribution in [2.75, 3.05) is 24.6 Å². The molecule has 2 aliphatic heterocycles. The van der Waals surface area contributed by atoms with E-state index in [-0.39, 0.29) is 29.2 Å². The van der Waals surface area contributed by atoms with Crippen LogP contribution in [0.25, 0.3) is 0 Å². The van der Waals surface area contributed by atoms with Crippen LogP contribution < -0.4 is 0 Å². The Kier molecular flexibility index (Phi) is 3.86. The van der Waals surface area contributed by atoms with Crippen LogP contribution in [0, 0.1) is 5.92 Å². The Hall–Kier alpha value is -1.90. The molecule has 136 valence electrons. The van der Waals surface area contributed by atoms with Gasteiger partial charge in [-0.05, 0) is 12.8 Å². The molecule has 2 saturated heterocycles. The van der Waals surface area contributed by atoms with Gasteiger partial charge in [-0.1, -0.05) is 6.42 Å². The maximum absolute atomic E-state index is 12.9. The Morgan fingerprint density at radius 1 is 1.12 bits per heavy atom. The molecule has 0 unspecified atom stereocenters. The van der Waals surface area contributed by atoms with Crippen molar-refractivity contribution in [1.82, 2.24) is 19.4 Å². The number of fused-ring (bicyclic) bond motifs is 1. The van der Waals surface area contributed by atoms with Crippen molar-refractivity contribution < 1.29 is 18.0 Å². The highest BCUT2D eigenvalue weighted by Crippen LogP contribution is 2.33. The molecule has 0 aromatic carbocycles. The molecule has 9 heteroatoms. The summed E-state index contributed by atoms with van der Waals surface area (Å²) in [6, 6.07) is -0.894. The summed E-state index contributed by atoms with van der Waals surface area (Å²) in [5.41, 5.74) is 0.432. The van der Waals surface area contributed by atoms with Gasteiger partial charge in [0.25, 0.3) is 5.91 Å². The number of imidazole rings is 1. The molecular weight excluding hydrogens is 344 g/mol. The van der Waals surface area contributed by atoms with Crippen molar-refractivity contribution in [2.45, 2.75) is 31.3 Å². The van der Waals surface area contributed by atoms with E-state index < -0.39 is 21.9 Å². The van der Waals surface area contributed by atoms with Gasteiger partial charge >= 0.3 is 0 Å². The van der Waals surface area contributed by atoms with Crippen LogP contribution in [0.15, 0.2) is 12.5 Å². The molecule has 0 N–H and O–H groups in total. The Balaban J connectivity index is 1.61. The predicted octanol–water partition coefficient (Wildman–Crippen LogP) is -0.330. The molecule has 2 atom stereocenters. The Morgan fingerprint density at radius 3 is 2.32 bits per heavy atom. The number of carbonyl (C=O) groups excluding carboxylic acids is 2. The third kappa shape index (κ3) is 2.74. The smallest absolute Gasteiger partial charge is 0.272 e. The number of carbonyl (C=O) groups is 2. The SMILES string of the molecule is Cn1cncc1C(=O)N1CCN(C(=O)C2CCC2)[C@@H]2CS(=O)(=O)C[C@@H]21. The molecule has 0 bridgehead atoms. The number of amides is 2. The molecule has 1 aromatic rings. The zero-order chi connectivity index (χ0) is 17.8. The lowest BCUT2D eigenvalue weighted by Gasteiger charge is -2.45. The summed E-state index contributed by atoms with van der Waals surface area (Å²) in [5.74, 6) is -0.252. The highest BCUT2D eigenvalue weighted by molar-refractivity contribution is 7.91. The summed E-state index contributed by atoms with van der Waals surface area (Å²) in [5, 5.41) is 0. The largest absolute Gasteiger partial charge is 0.335 e. The summed E-state index contributed by atoms with van der Waals surface area (Å²) in [4.78, 5) is 32.9. The van der Waals surface area contributed by atoms with Gasteiger partial charge in [0.2, 0.25) is 5.91 Å². The van der Waals surface area contributed by atoms with Gasteiger partial charge in [0, 0.05) is 26.1 Å². The molecule has 1 aromatic heterocycles. The first-order chi connectivity index (χ1) is 11.9. The van der Waals surface area contributed by atoms with Gasteiger partial charge in [-0.25, -0.2) is 13.4 Å². The Labute approximate surface area is 146 Å². The fraction of sp³-hybridized carbons (Fsp3) is 0.688. The van der Waals surface area contributed by atoms with Crippen LogP contribution >= 0.6 is 0 Å². The Morgan fingerprint density at radius 2 is 1.76 bits per heavy atom. The maximum Gasteiger partial charge on any atom is 0.272 e. The van der Waals surface area contributed by atoms with Crippen molar-refractivity contribution >= 4 is 21.7 Å². The average molecular weight is 366 g/mol. The van der Waals surface area contributed by atoms with E-state index in [2.05, 4.69) is 4.98 Å². The van der Waals surface area contributed by atoms with Crippen molar-refractivity contribution in [3.8, 4) is 0 Å². The lowest BCUT2D eigenvalue weighted by molar-refractivity contribution is -0.143. The molecule has 3 heterocycles. The van der Waals surface area contributed by atoms with Crippen LogP contribution in [0.2, 0.25) is 0 Å². The van der Waals surface area contributed by atoms with E-state index in [9.17, 15) is 18.0 Å². The van der Waals surface area contributed by atoms with Gasteiger partial charge in [0.15, 0.2) is 9.84 Å². The molecule has 4 rings (SSSR count). The number of nitrogens with zero attached hydrogens (tertiary/aromatic N) is 4. The highest BCUT2D eigenvalue weighted by Gasteiger charge is 2.50. The van der Waals surface area contributed by atoms with E-state index in [4.69, 9.17) is 0 Å². The minimum absolute atomic E-state index is 0.0308. The van der Waals surface area contributed by atoms with Crippen molar-refractivity contribution in [1.29, 1.82) is 0 Å². The standard InChI is InChI=1S/C16H22N4O4S/c1-18-10-17-7-12(18)16(22)20-6-5-19(15(21)11-3-2-4-11)13-8-25(23,24)9-14(13)20/h7,10-11,13-14H,2-6,8-9H2,1H3/t13-,14+/m1/s1. The third-order valence-corrected chi connectivity index (χ3v) is 7.41. The van der Waals surface area contributed by atoms with Crippen LogP contribution in [0.5, 0.6) is 0 Å². The first-order valence-corrected chi connectivity index (χ1v) is 10.5. The monoisotopic (exact) mass is 366 g/mol. The molecule has 1 aliphatic carbocycles. The summed E-state index contributed by atoms with van der Waals surface area (Å²) < 4.78 is 26.1. The lowest BCUT2D eigenvalue weighted by atomic mass is 9.83. The second-order valence-electron chi connectivity index (χ2n) is 7.26. The highest BCUT2D eigenvalue weighted by atomic mass is 32.2. The van der Waals surface area contributed by atoms with Gasteiger partial charge in [-0.2, -0.15) is 0 Å². The minimum atomic E-state index is -3.27. The van der Waals surface area contributed by atoms with E-state index in [1.54, 1.807) is 27.7 Å². The molecule has 3 aliphatic rings. The van der Waals surface area contributed by atoms with Gasteiger partial charge < -0.3 is 14.4 Å². The molecule has 3 fully saturated rings. The van der Waals surface area contributed by atoms with Crippen molar-refractivity contribution in [3.63, 3.8) is 0 Å². The van der Waals surface area contributed by atoms with E-state index in [0.29, 0.717) is 18.8 Å².